The van der Waals surface area contributed by atoms with E-state index < -0.39 is 0 Å². The number of nitrogens with one attached hydrogen (secondary N) is 1. The van der Waals surface area contributed by atoms with Crippen LogP contribution in [0.25, 0.3) is 0 Å². The molecule has 0 heterocycles. The molecule has 1 aromatic carbocycles. The largest absolute Gasteiger partial charge is 0.497 e. The highest BCUT2D eigenvalue weighted by Crippen LogP contribution is 2.29. The lowest BCUT2D eigenvalue weighted by atomic mass is 9.84. The van der Waals surface area contributed by atoms with Crippen LogP contribution >= 0.6 is 15.9 Å². The third kappa shape index (κ3) is 3.39. The van der Waals surface area contributed by atoms with Gasteiger partial charge in [-0.05, 0) is 37.4 Å². The van der Waals surface area contributed by atoms with Gasteiger partial charge in [0.1, 0.15) is 5.75 Å². The van der Waals surface area contributed by atoms with Gasteiger partial charge in [-0.2, -0.15) is 0 Å². The van der Waals surface area contributed by atoms with Crippen LogP contribution < -0.4 is 15.8 Å². The minimum atomic E-state index is 0.489. The molecule has 2 rings (SSSR count). The maximum atomic E-state index is 5.86. The first kappa shape index (κ1) is 13.7. The Balaban J connectivity index is 2.09. The van der Waals surface area contributed by atoms with E-state index in [1.165, 1.54) is 25.7 Å². The Hall–Kier alpha value is -0.740. The molecule has 100 valence electrons. The molecule has 3 nitrogen and oxygen atoms in total. The Kier molecular flexibility index (Phi) is 4.89. The summed E-state index contributed by atoms with van der Waals surface area (Å²) in [6.45, 7) is 0.767. The molecular formula is C14H21BrN2O. The summed E-state index contributed by atoms with van der Waals surface area (Å²) >= 11 is 3.51. The van der Waals surface area contributed by atoms with E-state index in [4.69, 9.17) is 10.5 Å². The first-order valence-electron chi connectivity index (χ1n) is 6.54. The Morgan fingerprint density at radius 1 is 1.33 bits per heavy atom. The number of hydrogen-bond donors (Lipinski definition) is 2. The van der Waals surface area contributed by atoms with Crippen molar-refractivity contribution >= 4 is 21.6 Å². The number of nitrogens with two attached hydrogens (primary N) is 1. The van der Waals surface area contributed by atoms with Crippen molar-refractivity contribution in [2.75, 3.05) is 19.0 Å². The zero-order valence-corrected chi connectivity index (χ0v) is 12.4. The summed E-state index contributed by atoms with van der Waals surface area (Å²) in [5.74, 6) is 1.45. The topological polar surface area (TPSA) is 47.3 Å². The number of methoxy groups -OCH3 is 1. The molecule has 1 fully saturated rings. The van der Waals surface area contributed by atoms with Crippen molar-refractivity contribution in [1.29, 1.82) is 0 Å². The maximum absolute atomic E-state index is 5.86. The average molecular weight is 313 g/mol. The zero-order chi connectivity index (χ0) is 13.0. The van der Waals surface area contributed by atoms with Crippen molar-refractivity contribution in [3.05, 3.63) is 22.7 Å². The molecule has 1 aliphatic carbocycles. The van der Waals surface area contributed by atoms with Gasteiger partial charge in [-0.15, -0.1) is 0 Å². The molecule has 1 saturated carbocycles. The number of anilines is 1. The molecule has 1 aliphatic rings. The number of hydrogen-bond acceptors (Lipinski definition) is 3. The molecule has 18 heavy (non-hydrogen) atoms. The molecule has 0 saturated heterocycles. The minimum absolute atomic E-state index is 0.489. The zero-order valence-electron chi connectivity index (χ0n) is 10.8. The van der Waals surface area contributed by atoms with E-state index in [1.54, 1.807) is 7.11 Å². The van der Waals surface area contributed by atoms with E-state index >= 15 is 0 Å². The first-order chi connectivity index (χ1) is 8.72. The highest BCUT2D eigenvalue weighted by Gasteiger charge is 2.23. The molecule has 0 aliphatic heterocycles. The predicted octanol–water partition coefficient (Wildman–Crippen LogP) is 3.39. The second-order valence-corrected chi connectivity index (χ2v) is 5.83. The molecule has 0 spiro atoms. The van der Waals surface area contributed by atoms with Crippen LogP contribution in [0.2, 0.25) is 0 Å². The Morgan fingerprint density at radius 2 is 2.11 bits per heavy atom. The van der Waals surface area contributed by atoms with E-state index in [9.17, 15) is 0 Å². The fourth-order valence-electron chi connectivity index (χ4n) is 2.66. The average Bonchev–Trinajstić information content (AvgIpc) is 2.38. The van der Waals surface area contributed by atoms with Crippen LogP contribution in [0.4, 0.5) is 5.69 Å². The van der Waals surface area contributed by atoms with Crippen molar-refractivity contribution in [3.63, 3.8) is 0 Å². The maximum Gasteiger partial charge on any atom is 0.122 e. The van der Waals surface area contributed by atoms with E-state index in [-0.39, 0.29) is 0 Å². The summed E-state index contributed by atoms with van der Waals surface area (Å²) in [5.41, 5.74) is 6.96. The van der Waals surface area contributed by atoms with Crippen molar-refractivity contribution in [2.24, 2.45) is 11.7 Å². The normalized spacial score (nSPS) is 23.7. The minimum Gasteiger partial charge on any atom is -0.497 e. The fourth-order valence-corrected chi connectivity index (χ4v) is 3.13. The van der Waals surface area contributed by atoms with Gasteiger partial charge in [0.2, 0.25) is 0 Å². The molecule has 3 N–H and O–H groups in total. The summed E-state index contributed by atoms with van der Waals surface area (Å²) in [7, 11) is 1.69. The van der Waals surface area contributed by atoms with Gasteiger partial charge in [-0.3, -0.25) is 0 Å². The van der Waals surface area contributed by atoms with E-state index in [1.807, 2.05) is 12.1 Å². The number of halogens is 1. The third-order valence-corrected chi connectivity index (χ3v) is 4.13. The van der Waals surface area contributed by atoms with Gasteiger partial charge >= 0.3 is 0 Å². The van der Waals surface area contributed by atoms with Gasteiger partial charge in [0, 0.05) is 22.3 Å². The SMILES string of the molecule is COc1cc(Br)cc(NC2CCCCC2CN)c1. The Morgan fingerprint density at radius 3 is 2.83 bits per heavy atom. The summed E-state index contributed by atoms with van der Waals surface area (Å²) in [6.07, 6.45) is 5.04. The third-order valence-electron chi connectivity index (χ3n) is 3.67. The van der Waals surface area contributed by atoms with Gasteiger partial charge in [-0.25, -0.2) is 0 Å². The molecule has 0 amide bonds. The highest BCUT2D eigenvalue weighted by atomic mass is 79.9. The van der Waals surface area contributed by atoms with Crippen LogP contribution in [0, 0.1) is 5.92 Å². The lowest BCUT2D eigenvalue weighted by molar-refractivity contribution is 0.332. The Bertz CT molecular complexity index is 397. The van der Waals surface area contributed by atoms with Gasteiger partial charge in [0.25, 0.3) is 0 Å². The molecule has 2 unspecified atom stereocenters. The molecule has 1 aromatic rings. The summed E-state index contributed by atoms with van der Waals surface area (Å²) in [6, 6.07) is 6.58. The fraction of sp³-hybridized carbons (Fsp3) is 0.571. The van der Waals surface area contributed by atoms with Gasteiger partial charge in [0.05, 0.1) is 7.11 Å². The molecule has 0 bridgehead atoms. The van der Waals surface area contributed by atoms with E-state index in [0.717, 1.165) is 22.5 Å². The predicted molar refractivity (Wildman–Crippen MR) is 79.1 cm³/mol. The summed E-state index contributed by atoms with van der Waals surface area (Å²) < 4.78 is 6.32. The quantitative estimate of drug-likeness (QED) is 0.896. The second kappa shape index (κ2) is 6.43. The van der Waals surface area contributed by atoms with Gasteiger partial charge in [0.15, 0.2) is 0 Å². The van der Waals surface area contributed by atoms with Crippen LogP contribution in [-0.4, -0.2) is 19.7 Å². The van der Waals surface area contributed by atoms with E-state index in [0.29, 0.717) is 12.0 Å². The summed E-state index contributed by atoms with van der Waals surface area (Å²) in [4.78, 5) is 0. The number of benzene rings is 1. The smallest absolute Gasteiger partial charge is 0.122 e. The van der Waals surface area contributed by atoms with Crippen LogP contribution in [0.15, 0.2) is 22.7 Å². The van der Waals surface area contributed by atoms with Crippen molar-refractivity contribution in [1.82, 2.24) is 0 Å². The lowest BCUT2D eigenvalue weighted by Crippen LogP contribution is -2.36. The van der Waals surface area contributed by atoms with Crippen LogP contribution in [0.5, 0.6) is 5.75 Å². The van der Waals surface area contributed by atoms with Crippen LogP contribution in [0.3, 0.4) is 0 Å². The monoisotopic (exact) mass is 312 g/mol. The number of ether oxygens (including phenoxy) is 1. The standard InChI is InChI=1S/C14H21BrN2O/c1-18-13-7-11(15)6-12(8-13)17-14-5-3-2-4-10(14)9-16/h6-8,10,14,17H,2-5,9,16H2,1H3. The lowest BCUT2D eigenvalue weighted by Gasteiger charge is -2.32. The molecule has 0 aromatic heterocycles. The van der Waals surface area contributed by atoms with E-state index in [2.05, 4.69) is 27.3 Å². The van der Waals surface area contributed by atoms with Crippen molar-refractivity contribution < 1.29 is 4.74 Å². The Labute approximate surface area is 117 Å². The van der Waals surface area contributed by atoms with Gasteiger partial charge < -0.3 is 15.8 Å². The highest BCUT2D eigenvalue weighted by molar-refractivity contribution is 9.10. The summed E-state index contributed by atoms with van der Waals surface area (Å²) in [5, 5.41) is 3.61. The van der Waals surface area contributed by atoms with Gasteiger partial charge in [-0.1, -0.05) is 28.8 Å². The number of rotatable bonds is 4. The molecule has 4 heteroatoms. The van der Waals surface area contributed by atoms with Crippen LogP contribution in [0.1, 0.15) is 25.7 Å². The first-order valence-corrected chi connectivity index (χ1v) is 7.33. The molecular weight excluding hydrogens is 292 g/mol. The van der Waals surface area contributed by atoms with Crippen molar-refractivity contribution in [3.8, 4) is 5.75 Å². The molecule has 0 radical (unpaired) electrons. The molecule has 2 atom stereocenters. The van der Waals surface area contributed by atoms with Crippen molar-refractivity contribution in [2.45, 2.75) is 31.7 Å². The second-order valence-electron chi connectivity index (χ2n) is 4.91. The van der Waals surface area contributed by atoms with Crippen LogP contribution in [-0.2, 0) is 0 Å².